The maximum atomic E-state index is 12.9. The molecule has 0 atom stereocenters. The number of hydrogen-bond donors (Lipinski definition) is 2. The van der Waals surface area contributed by atoms with Crippen molar-refractivity contribution in [2.75, 3.05) is 5.32 Å². The first-order valence-electron chi connectivity index (χ1n) is 4.71. The zero-order valence-electron chi connectivity index (χ0n) is 8.79. The highest BCUT2D eigenvalue weighted by Gasteiger charge is 2.13. The summed E-state index contributed by atoms with van der Waals surface area (Å²) in [5, 5.41) is 12.2. The summed E-state index contributed by atoms with van der Waals surface area (Å²) in [5.41, 5.74) is 1.06. The minimum atomic E-state index is -0.540. The summed E-state index contributed by atoms with van der Waals surface area (Å²) >= 11 is 5.59. The predicted octanol–water partition coefficient (Wildman–Crippen LogP) is 2.16. The number of halogens is 2. The van der Waals surface area contributed by atoms with Gasteiger partial charge in [0, 0.05) is 5.69 Å². The molecular weight excluding hydrogens is 247 g/mol. The lowest BCUT2D eigenvalue weighted by Gasteiger charge is -2.04. The number of carbonyl (C=O) groups is 1. The number of hydrogen-bond acceptors (Lipinski definition) is 3. The molecule has 2 rings (SSSR count). The SMILES string of the molecule is Cc1n[nH]nc1C(=O)Nc1ccc(F)c(Cl)c1. The number of aryl methyl sites for hydroxylation is 1. The molecule has 1 amide bonds. The van der Waals surface area contributed by atoms with Gasteiger partial charge >= 0.3 is 0 Å². The summed E-state index contributed by atoms with van der Waals surface area (Å²) in [6.07, 6.45) is 0. The molecule has 5 nitrogen and oxygen atoms in total. The highest BCUT2D eigenvalue weighted by Crippen LogP contribution is 2.19. The number of aromatic amines is 1. The third-order valence-electron chi connectivity index (χ3n) is 2.11. The van der Waals surface area contributed by atoms with Crippen LogP contribution >= 0.6 is 11.6 Å². The second-order valence-corrected chi connectivity index (χ2v) is 3.75. The smallest absolute Gasteiger partial charge is 0.278 e. The van der Waals surface area contributed by atoms with Crippen molar-refractivity contribution in [2.45, 2.75) is 6.92 Å². The van der Waals surface area contributed by atoms with Crippen LogP contribution in [0.15, 0.2) is 18.2 Å². The van der Waals surface area contributed by atoms with Crippen LogP contribution in [0, 0.1) is 12.7 Å². The van der Waals surface area contributed by atoms with Crippen LogP contribution in [0.5, 0.6) is 0 Å². The van der Waals surface area contributed by atoms with E-state index in [1.807, 2.05) is 0 Å². The molecule has 2 N–H and O–H groups in total. The molecule has 0 aliphatic carbocycles. The van der Waals surface area contributed by atoms with Gasteiger partial charge in [-0.3, -0.25) is 4.79 Å². The van der Waals surface area contributed by atoms with Gasteiger partial charge in [-0.15, -0.1) is 0 Å². The minimum absolute atomic E-state index is 0.0559. The maximum absolute atomic E-state index is 12.9. The Bertz CT molecular complexity index is 569. The summed E-state index contributed by atoms with van der Waals surface area (Å²) in [7, 11) is 0. The molecule has 1 aromatic carbocycles. The Morgan fingerprint density at radius 2 is 2.24 bits per heavy atom. The van der Waals surface area contributed by atoms with Gasteiger partial charge in [0.1, 0.15) is 5.82 Å². The Balaban J connectivity index is 2.19. The number of anilines is 1. The van der Waals surface area contributed by atoms with Gasteiger partial charge in [0.2, 0.25) is 0 Å². The van der Waals surface area contributed by atoms with Crippen molar-refractivity contribution in [3.63, 3.8) is 0 Å². The van der Waals surface area contributed by atoms with Crippen LogP contribution in [0.3, 0.4) is 0 Å². The van der Waals surface area contributed by atoms with E-state index in [1.165, 1.54) is 18.2 Å². The number of H-pyrrole nitrogens is 1. The van der Waals surface area contributed by atoms with Crippen molar-refractivity contribution in [2.24, 2.45) is 0 Å². The fraction of sp³-hybridized carbons (Fsp3) is 0.100. The van der Waals surface area contributed by atoms with Gasteiger partial charge in [0.05, 0.1) is 10.7 Å². The van der Waals surface area contributed by atoms with E-state index in [0.29, 0.717) is 11.4 Å². The first-order chi connectivity index (χ1) is 8.08. The van der Waals surface area contributed by atoms with E-state index < -0.39 is 11.7 Å². The summed E-state index contributed by atoms with van der Waals surface area (Å²) < 4.78 is 12.9. The van der Waals surface area contributed by atoms with E-state index in [4.69, 9.17) is 11.6 Å². The number of amides is 1. The maximum Gasteiger partial charge on any atom is 0.278 e. The molecule has 0 saturated heterocycles. The predicted molar refractivity (Wildman–Crippen MR) is 60.5 cm³/mol. The zero-order valence-corrected chi connectivity index (χ0v) is 9.55. The van der Waals surface area contributed by atoms with Crippen molar-refractivity contribution in [1.82, 2.24) is 15.4 Å². The molecule has 0 fully saturated rings. The highest BCUT2D eigenvalue weighted by molar-refractivity contribution is 6.31. The Kier molecular flexibility index (Phi) is 3.06. The van der Waals surface area contributed by atoms with Gasteiger partial charge in [-0.2, -0.15) is 15.4 Å². The summed E-state index contributed by atoms with van der Waals surface area (Å²) in [5.74, 6) is -0.971. The van der Waals surface area contributed by atoms with Gasteiger partial charge in [-0.25, -0.2) is 4.39 Å². The molecule has 0 bridgehead atoms. The van der Waals surface area contributed by atoms with Gasteiger partial charge < -0.3 is 5.32 Å². The van der Waals surface area contributed by atoms with E-state index in [2.05, 4.69) is 20.7 Å². The fourth-order valence-electron chi connectivity index (χ4n) is 1.26. The lowest BCUT2D eigenvalue weighted by Crippen LogP contribution is -2.13. The first kappa shape index (κ1) is 11.5. The van der Waals surface area contributed by atoms with Gasteiger partial charge in [0.25, 0.3) is 5.91 Å². The third-order valence-corrected chi connectivity index (χ3v) is 2.40. The molecule has 2 aromatic rings. The topological polar surface area (TPSA) is 70.7 Å². The Morgan fingerprint density at radius 1 is 1.47 bits per heavy atom. The minimum Gasteiger partial charge on any atom is -0.320 e. The monoisotopic (exact) mass is 254 g/mol. The van der Waals surface area contributed by atoms with Crippen molar-refractivity contribution in [3.05, 3.63) is 40.4 Å². The van der Waals surface area contributed by atoms with E-state index in [0.717, 1.165) is 0 Å². The molecule has 7 heteroatoms. The number of aromatic nitrogens is 3. The lowest BCUT2D eigenvalue weighted by molar-refractivity contribution is 0.102. The Morgan fingerprint density at radius 3 is 2.82 bits per heavy atom. The molecular formula is C10H8ClFN4O. The van der Waals surface area contributed by atoms with Crippen LogP contribution in [0.2, 0.25) is 5.02 Å². The molecule has 0 aliphatic heterocycles. The average molecular weight is 255 g/mol. The first-order valence-corrected chi connectivity index (χ1v) is 5.09. The second-order valence-electron chi connectivity index (χ2n) is 3.34. The van der Waals surface area contributed by atoms with Crippen molar-refractivity contribution in [1.29, 1.82) is 0 Å². The number of rotatable bonds is 2. The molecule has 0 radical (unpaired) electrons. The summed E-state index contributed by atoms with van der Waals surface area (Å²) in [6.45, 7) is 1.65. The molecule has 0 spiro atoms. The number of benzene rings is 1. The van der Waals surface area contributed by atoms with Crippen LogP contribution in [0.1, 0.15) is 16.2 Å². The third kappa shape index (κ3) is 2.42. The Labute approximate surface area is 101 Å². The van der Waals surface area contributed by atoms with E-state index in [9.17, 15) is 9.18 Å². The van der Waals surface area contributed by atoms with E-state index in [1.54, 1.807) is 6.92 Å². The zero-order chi connectivity index (χ0) is 12.4. The van der Waals surface area contributed by atoms with Crippen LogP contribution in [0.4, 0.5) is 10.1 Å². The molecule has 0 aliphatic rings. The van der Waals surface area contributed by atoms with Crippen molar-refractivity contribution < 1.29 is 9.18 Å². The average Bonchev–Trinajstić information content (AvgIpc) is 2.70. The fourth-order valence-corrected chi connectivity index (χ4v) is 1.44. The summed E-state index contributed by atoms with van der Waals surface area (Å²) in [6, 6.07) is 3.91. The van der Waals surface area contributed by atoms with Gasteiger partial charge in [0.15, 0.2) is 5.69 Å². The van der Waals surface area contributed by atoms with Crippen LogP contribution in [-0.4, -0.2) is 21.3 Å². The molecule has 88 valence electrons. The standard InChI is InChI=1S/C10H8ClFN4O/c1-5-9(15-16-14-5)10(17)13-6-2-3-8(12)7(11)4-6/h2-4H,1H3,(H,13,17)(H,14,15,16). The number of carbonyl (C=O) groups excluding carboxylic acids is 1. The largest absolute Gasteiger partial charge is 0.320 e. The lowest BCUT2D eigenvalue weighted by atomic mass is 10.3. The van der Waals surface area contributed by atoms with Crippen LogP contribution < -0.4 is 5.32 Å². The Hall–Kier alpha value is -1.95. The van der Waals surface area contributed by atoms with Crippen molar-refractivity contribution >= 4 is 23.2 Å². The van der Waals surface area contributed by atoms with Crippen LogP contribution in [-0.2, 0) is 0 Å². The molecule has 1 heterocycles. The van der Waals surface area contributed by atoms with Crippen LogP contribution in [0.25, 0.3) is 0 Å². The number of nitrogens with zero attached hydrogens (tertiary/aromatic N) is 2. The number of nitrogens with one attached hydrogen (secondary N) is 2. The van der Waals surface area contributed by atoms with Gasteiger partial charge in [-0.1, -0.05) is 11.6 Å². The van der Waals surface area contributed by atoms with Crippen molar-refractivity contribution in [3.8, 4) is 0 Å². The van der Waals surface area contributed by atoms with Gasteiger partial charge in [-0.05, 0) is 25.1 Å². The molecule has 17 heavy (non-hydrogen) atoms. The molecule has 1 aromatic heterocycles. The second kappa shape index (κ2) is 4.50. The summed E-state index contributed by atoms with van der Waals surface area (Å²) in [4.78, 5) is 11.7. The van der Waals surface area contributed by atoms with E-state index in [-0.39, 0.29) is 10.7 Å². The molecule has 0 unspecified atom stereocenters. The quantitative estimate of drug-likeness (QED) is 0.863. The normalized spacial score (nSPS) is 10.3. The molecule has 0 saturated carbocycles. The van der Waals surface area contributed by atoms with E-state index >= 15 is 0 Å². The highest BCUT2D eigenvalue weighted by atomic mass is 35.5.